The summed E-state index contributed by atoms with van der Waals surface area (Å²) in [5, 5.41) is 0. The van der Waals surface area contributed by atoms with Crippen LogP contribution in [-0.4, -0.2) is 17.9 Å². The van der Waals surface area contributed by atoms with Gasteiger partial charge in [0.05, 0.1) is 0 Å². The summed E-state index contributed by atoms with van der Waals surface area (Å²) >= 11 is 0. The Hall–Kier alpha value is -2.04. The van der Waals surface area contributed by atoms with Gasteiger partial charge in [-0.2, -0.15) is 0 Å². The van der Waals surface area contributed by atoms with Gasteiger partial charge in [-0.3, -0.25) is 20.4 Å². The Kier molecular flexibility index (Phi) is 5.85. The Balaban J connectivity index is 2.40. The average Bonchev–Trinajstić information content (AvgIpc) is 2.39. The third-order valence-corrected chi connectivity index (χ3v) is 2.51. The fourth-order valence-corrected chi connectivity index (χ4v) is 1.40. The molecule has 0 saturated heterocycles. The minimum absolute atomic E-state index is 0.210. The third kappa shape index (κ3) is 5.42. The van der Waals surface area contributed by atoms with Gasteiger partial charge in [0.2, 0.25) is 5.91 Å². The smallest absolute Gasteiger partial charge is 0.279 e. The molecule has 1 atom stereocenters. The largest absolute Gasteiger partial charge is 0.481 e. The highest BCUT2D eigenvalue weighted by Gasteiger charge is 2.14. The average molecular weight is 264 g/mol. The van der Waals surface area contributed by atoms with Gasteiger partial charge in [-0.25, -0.2) is 0 Å². The molecular formula is C14H20N2O3. The molecule has 1 rings (SSSR count). The maximum atomic E-state index is 11.7. The van der Waals surface area contributed by atoms with Crippen molar-refractivity contribution in [3.63, 3.8) is 0 Å². The van der Waals surface area contributed by atoms with Crippen LogP contribution < -0.4 is 15.6 Å². The first-order valence-electron chi connectivity index (χ1n) is 6.35. The van der Waals surface area contributed by atoms with E-state index in [4.69, 9.17) is 4.74 Å². The van der Waals surface area contributed by atoms with Crippen molar-refractivity contribution >= 4 is 11.8 Å². The summed E-state index contributed by atoms with van der Waals surface area (Å²) in [6.45, 7) is 5.49. The molecule has 0 aromatic heterocycles. The summed E-state index contributed by atoms with van der Waals surface area (Å²) in [6.07, 6.45) is 0.439. The summed E-state index contributed by atoms with van der Waals surface area (Å²) in [6, 6.07) is 7.41. The SMILES string of the molecule is CCCC(=O)NNC(=O)C(C)Oc1ccc(C)cc1. The van der Waals surface area contributed by atoms with Crippen LogP contribution in [0.2, 0.25) is 0 Å². The van der Waals surface area contributed by atoms with E-state index >= 15 is 0 Å². The first kappa shape index (κ1) is 15.0. The van der Waals surface area contributed by atoms with E-state index in [1.54, 1.807) is 19.1 Å². The molecule has 0 aliphatic carbocycles. The van der Waals surface area contributed by atoms with Crippen molar-refractivity contribution in [1.82, 2.24) is 10.9 Å². The molecule has 2 amide bonds. The Morgan fingerprint density at radius 1 is 1.21 bits per heavy atom. The van der Waals surface area contributed by atoms with E-state index in [1.807, 2.05) is 26.0 Å². The fourth-order valence-electron chi connectivity index (χ4n) is 1.40. The topological polar surface area (TPSA) is 67.4 Å². The van der Waals surface area contributed by atoms with Crippen LogP contribution in [0, 0.1) is 6.92 Å². The number of nitrogens with one attached hydrogen (secondary N) is 2. The Bertz CT molecular complexity index is 429. The summed E-state index contributed by atoms with van der Waals surface area (Å²) in [5.41, 5.74) is 5.80. The highest BCUT2D eigenvalue weighted by atomic mass is 16.5. The van der Waals surface area contributed by atoms with Gasteiger partial charge in [0.25, 0.3) is 5.91 Å². The minimum Gasteiger partial charge on any atom is -0.481 e. The highest BCUT2D eigenvalue weighted by molar-refractivity contribution is 5.84. The number of amides is 2. The number of aryl methyl sites for hydroxylation is 1. The van der Waals surface area contributed by atoms with Gasteiger partial charge in [-0.05, 0) is 32.4 Å². The molecule has 19 heavy (non-hydrogen) atoms. The first-order valence-corrected chi connectivity index (χ1v) is 6.35. The number of carbonyl (C=O) groups is 2. The van der Waals surface area contributed by atoms with Crippen molar-refractivity contribution in [3.05, 3.63) is 29.8 Å². The number of hydrazine groups is 1. The van der Waals surface area contributed by atoms with Crippen LogP contribution in [0.5, 0.6) is 5.75 Å². The second-order valence-corrected chi connectivity index (χ2v) is 4.36. The molecule has 0 saturated carbocycles. The molecule has 0 spiro atoms. The van der Waals surface area contributed by atoms with E-state index in [1.165, 1.54) is 0 Å². The van der Waals surface area contributed by atoms with Gasteiger partial charge in [0, 0.05) is 6.42 Å². The summed E-state index contributed by atoms with van der Waals surface area (Å²) in [4.78, 5) is 22.9. The van der Waals surface area contributed by atoms with Crippen LogP contribution in [0.4, 0.5) is 0 Å². The second kappa shape index (κ2) is 7.41. The molecule has 0 bridgehead atoms. The van der Waals surface area contributed by atoms with Gasteiger partial charge < -0.3 is 4.74 Å². The van der Waals surface area contributed by atoms with Gasteiger partial charge in [-0.15, -0.1) is 0 Å². The predicted molar refractivity (Wildman–Crippen MR) is 72.5 cm³/mol. The van der Waals surface area contributed by atoms with E-state index in [0.717, 1.165) is 12.0 Å². The van der Waals surface area contributed by atoms with E-state index in [0.29, 0.717) is 12.2 Å². The summed E-state index contributed by atoms with van der Waals surface area (Å²) in [7, 11) is 0. The molecule has 104 valence electrons. The molecule has 1 aromatic rings. The van der Waals surface area contributed by atoms with Crippen molar-refractivity contribution in [1.29, 1.82) is 0 Å². The molecule has 0 fully saturated rings. The van der Waals surface area contributed by atoms with Gasteiger partial charge in [0.1, 0.15) is 5.75 Å². The summed E-state index contributed by atoms with van der Waals surface area (Å²) < 4.78 is 5.46. The molecular weight excluding hydrogens is 244 g/mol. The Morgan fingerprint density at radius 3 is 2.42 bits per heavy atom. The van der Waals surface area contributed by atoms with Crippen molar-refractivity contribution in [2.75, 3.05) is 0 Å². The number of ether oxygens (including phenoxy) is 1. The zero-order valence-corrected chi connectivity index (χ0v) is 11.5. The maximum Gasteiger partial charge on any atom is 0.279 e. The van der Waals surface area contributed by atoms with E-state index in [-0.39, 0.29) is 11.8 Å². The van der Waals surface area contributed by atoms with Crippen LogP contribution in [0.3, 0.4) is 0 Å². The quantitative estimate of drug-likeness (QED) is 0.796. The van der Waals surface area contributed by atoms with E-state index in [2.05, 4.69) is 10.9 Å². The first-order chi connectivity index (χ1) is 9.02. The van der Waals surface area contributed by atoms with Crippen LogP contribution in [0.15, 0.2) is 24.3 Å². The predicted octanol–water partition coefficient (Wildman–Crippen LogP) is 1.71. The molecule has 0 heterocycles. The number of rotatable bonds is 5. The van der Waals surface area contributed by atoms with Crippen LogP contribution in [-0.2, 0) is 9.59 Å². The molecule has 0 aliphatic rings. The molecule has 1 unspecified atom stereocenters. The normalized spacial score (nSPS) is 11.5. The molecule has 5 heteroatoms. The van der Waals surface area contributed by atoms with Gasteiger partial charge in [-0.1, -0.05) is 24.6 Å². The highest BCUT2D eigenvalue weighted by Crippen LogP contribution is 2.13. The van der Waals surface area contributed by atoms with E-state index in [9.17, 15) is 9.59 Å². The van der Waals surface area contributed by atoms with Gasteiger partial charge in [0.15, 0.2) is 6.10 Å². The zero-order valence-electron chi connectivity index (χ0n) is 11.5. The van der Waals surface area contributed by atoms with E-state index < -0.39 is 6.10 Å². The lowest BCUT2D eigenvalue weighted by Crippen LogP contribution is -2.47. The lowest BCUT2D eigenvalue weighted by Gasteiger charge is -2.15. The summed E-state index contributed by atoms with van der Waals surface area (Å²) in [5.74, 6) is 0.0246. The molecule has 1 aromatic carbocycles. The van der Waals surface area contributed by atoms with Crippen LogP contribution >= 0.6 is 0 Å². The van der Waals surface area contributed by atoms with Crippen LogP contribution in [0.25, 0.3) is 0 Å². The monoisotopic (exact) mass is 264 g/mol. The number of hydrogen-bond donors (Lipinski definition) is 2. The fraction of sp³-hybridized carbons (Fsp3) is 0.429. The second-order valence-electron chi connectivity index (χ2n) is 4.36. The zero-order chi connectivity index (χ0) is 14.3. The van der Waals surface area contributed by atoms with Crippen molar-refractivity contribution in [2.24, 2.45) is 0 Å². The standard InChI is InChI=1S/C14H20N2O3/c1-4-5-13(17)15-16-14(18)11(3)19-12-8-6-10(2)7-9-12/h6-9,11H,4-5H2,1-3H3,(H,15,17)(H,16,18). The molecule has 5 nitrogen and oxygen atoms in total. The number of hydrogen-bond acceptors (Lipinski definition) is 3. The molecule has 2 N–H and O–H groups in total. The lowest BCUT2D eigenvalue weighted by atomic mass is 10.2. The Morgan fingerprint density at radius 2 is 1.84 bits per heavy atom. The number of carbonyl (C=O) groups excluding carboxylic acids is 2. The minimum atomic E-state index is -0.676. The Labute approximate surface area is 113 Å². The molecule has 0 aliphatic heterocycles. The third-order valence-electron chi connectivity index (χ3n) is 2.51. The van der Waals surface area contributed by atoms with Crippen LogP contribution in [0.1, 0.15) is 32.3 Å². The molecule has 0 radical (unpaired) electrons. The van der Waals surface area contributed by atoms with Crippen molar-refractivity contribution in [3.8, 4) is 5.75 Å². The van der Waals surface area contributed by atoms with Gasteiger partial charge >= 0.3 is 0 Å². The van der Waals surface area contributed by atoms with Crippen molar-refractivity contribution < 1.29 is 14.3 Å². The van der Waals surface area contributed by atoms with Crippen molar-refractivity contribution in [2.45, 2.75) is 39.7 Å². The number of benzene rings is 1. The maximum absolute atomic E-state index is 11.7. The lowest BCUT2D eigenvalue weighted by molar-refractivity contribution is -0.132.